The minimum absolute atomic E-state index is 0. The van der Waals surface area contributed by atoms with E-state index in [0.717, 1.165) is 65.2 Å². The molecule has 22 heavy (non-hydrogen) atoms. The van der Waals surface area contributed by atoms with E-state index in [1.54, 1.807) is 0 Å². The lowest BCUT2D eigenvalue weighted by molar-refractivity contribution is -0.137. The lowest BCUT2D eigenvalue weighted by Gasteiger charge is -2.37. The van der Waals surface area contributed by atoms with Crippen LogP contribution in [-0.4, -0.2) is 73.2 Å². The molecule has 0 aliphatic carbocycles. The maximum absolute atomic E-state index is 12.8. The Morgan fingerprint density at radius 1 is 1.18 bits per heavy atom. The summed E-state index contributed by atoms with van der Waals surface area (Å²) in [4.78, 5) is 17.3. The lowest BCUT2D eigenvalue weighted by Crippen LogP contribution is -2.58. The summed E-state index contributed by atoms with van der Waals surface area (Å²) < 4.78 is 5.41. The van der Waals surface area contributed by atoms with Crippen LogP contribution in [-0.2, 0) is 9.53 Å². The Balaban J connectivity index is 0.00000121. The highest BCUT2D eigenvalue weighted by atomic mass is 35.5. The maximum atomic E-state index is 12.8. The molecule has 2 unspecified atom stereocenters. The summed E-state index contributed by atoms with van der Waals surface area (Å²) in [6.07, 6.45) is 4.45. The van der Waals surface area contributed by atoms with Gasteiger partial charge in [-0.1, -0.05) is 0 Å². The summed E-state index contributed by atoms with van der Waals surface area (Å²) in [5, 5.41) is 3.44. The van der Waals surface area contributed by atoms with Gasteiger partial charge in [0.15, 0.2) is 0 Å². The summed E-state index contributed by atoms with van der Waals surface area (Å²) in [7, 11) is 0. The molecular weight excluding hydrogens is 325 g/mol. The zero-order valence-corrected chi connectivity index (χ0v) is 15.0. The highest BCUT2D eigenvalue weighted by Crippen LogP contribution is 2.25. The molecule has 7 heteroatoms. The van der Waals surface area contributed by atoms with Gasteiger partial charge in [0.2, 0.25) is 5.91 Å². The normalized spacial score (nSPS) is 33.0. The maximum Gasteiger partial charge on any atom is 0.242 e. The van der Waals surface area contributed by atoms with Crippen molar-refractivity contribution in [1.29, 1.82) is 0 Å². The summed E-state index contributed by atoms with van der Waals surface area (Å²) in [6, 6.07) is 0.537. The first-order valence-electron chi connectivity index (χ1n) is 8.05. The van der Waals surface area contributed by atoms with Crippen LogP contribution in [0.3, 0.4) is 0 Å². The van der Waals surface area contributed by atoms with Crippen molar-refractivity contribution in [3.8, 4) is 0 Å². The number of nitrogens with one attached hydrogen (secondary N) is 1. The van der Waals surface area contributed by atoms with Crippen molar-refractivity contribution in [3.05, 3.63) is 0 Å². The van der Waals surface area contributed by atoms with Gasteiger partial charge in [-0.05, 0) is 39.2 Å². The van der Waals surface area contributed by atoms with Crippen LogP contribution in [0, 0.1) is 0 Å². The van der Waals surface area contributed by atoms with Gasteiger partial charge in [-0.15, -0.1) is 24.8 Å². The van der Waals surface area contributed by atoms with Crippen molar-refractivity contribution in [2.24, 2.45) is 0 Å². The Kier molecular flexibility index (Phi) is 7.89. The number of nitrogens with zero attached hydrogens (tertiary/aromatic N) is 2. The highest BCUT2D eigenvalue weighted by molar-refractivity contribution is 5.86. The zero-order valence-electron chi connectivity index (χ0n) is 13.4. The minimum atomic E-state index is -0.321. The Bertz CT molecular complexity index is 359. The highest BCUT2D eigenvalue weighted by Gasteiger charge is 2.40. The molecule has 3 aliphatic rings. The third-order valence-electron chi connectivity index (χ3n) is 5.10. The van der Waals surface area contributed by atoms with Gasteiger partial charge < -0.3 is 15.0 Å². The fourth-order valence-electron chi connectivity index (χ4n) is 3.75. The molecule has 0 aromatic heterocycles. The number of morpholine rings is 1. The third-order valence-corrected chi connectivity index (χ3v) is 5.10. The van der Waals surface area contributed by atoms with Crippen LogP contribution < -0.4 is 5.32 Å². The lowest BCUT2D eigenvalue weighted by atomic mass is 9.89. The number of hydrogen-bond acceptors (Lipinski definition) is 4. The van der Waals surface area contributed by atoms with Gasteiger partial charge in [0.1, 0.15) is 0 Å². The summed E-state index contributed by atoms with van der Waals surface area (Å²) >= 11 is 0. The summed E-state index contributed by atoms with van der Waals surface area (Å²) in [6.45, 7) is 8.58. The first-order valence-corrected chi connectivity index (χ1v) is 8.05. The number of halogens is 2. The molecule has 3 fully saturated rings. The number of ether oxygens (including phenoxy) is 1. The number of amides is 1. The number of carbonyl (C=O) groups excluding carboxylic acids is 1. The van der Waals surface area contributed by atoms with Gasteiger partial charge in [-0.3, -0.25) is 9.69 Å². The predicted octanol–water partition coefficient (Wildman–Crippen LogP) is 1.30. The second-order valence-corrected chi connectivity index (χ2v) is 6.56. The van der Waals surface area contributed by atoms with E-state index in [-0.39, 0.29) is 30.4 Å². The molecule has 0 aromatic rings. The zero-order chi connectivity index (χ0) is 14.0. The number of likely N-dealkylation sites (tertiary alicyclic amines) is 1. The fourth-order valence-corrected chi connectivity index (χ4v) is 3.75. The largest absolute Gasteiger partial charge is 0.379 e. The number of piperidine rings is 1. The van der Waals surface area contributed by atoms with Gasteiger partial charge in [-0.25, -0.2) is 0 Å². The molecule has 3 rings (SSSR count). The van der Waals surface area contributed by atoms with Crippen molar-refractivity contribution in [2.45, 2.75) is 44.2 Å². The third kappa shape index (κ3) is 4.26. The van der Waals surface area contributed by atoms with Crippen molar-refractivity contribution < 1.29 is 9.53 Å². The predicted molar refractivity (Wildman–Crippen MR) is 92.1 cm³/mol. The molecule has 130 valence electrons. The van der Waals surface area contributed by atoms with Crippen LogP contribution in [0.25, 0.3) is 0 Å². The molecule has 0 radical (unpaired) electrons. The van der Waals surface area contributed by atoms with E-state index in [4.69, 9.17) is 4.74 Å². The quantitative estimate of drug-likeness (QED) is 0.812. The first-order chi connectivity index (χ1) is 9.69. The van der Waals surface area contributed by atoms with Crippen LogP contribution in [0.5, 0.6) is 0 Å². The molecule has 0 bridgehead atoms. The van der Waals surface area contributed by atoms with Crippen molar-refractivity contribution in [3.63, 3.8) is 0 Å². The van der Waals surface area contributed by atoms with E-state index in [0.29, 0.717) is 11.9 Å². The van der Waals surface area contributed by atoms with Crippen LogP contribution in [0.4, 0.5) is 0 Å². The van der Waals surface area contributed by atoms with Gasteiger partial charge >= 0.3 is 0 Å². The van der Waals surface area contributed by atoms with Crippen molar-refractivity contribution in [2.75, 3.05) is 45.9 Å². The number of hydrogen-bond donors (Lipinski definition) is 1. The topological polar surface area (TPSA) is 44.8 Å². The number of rotatable bonds is 2. The molecule has 3 aliphatic heterocycles. The van der Waals surface area contributed by atoms with E-state index >= 15 is 0 Å². The minimum Gasteiger partial charge on any atom is -0.379 e. The molecule has 2 atom stereocenters. The van der Waals surface area contributed by atoms with Crippen LogP contribution in [0.2, 0.25) is 0 Å². The SMILES string of the molecule is CC1(C(=O)N2CCC(N3CCOCC3)C2)CCCCN1.Cl.Cl. The second kappa shape index (κ2) is 8.69. The average molecular weight is 354 g/mol. The summed E-state index contributed by atoms with van der Waals surface area (Å²) in [5.41, 5.74) is -0.321. The van der Waals surface area contributed by atoms with E-state index in [1.165, 1.54) is 6.42 Å². The van der Waals surface area contributed by atoms with Crippen molar-refractivity contribution >= 4 is 30.7 Å². The monoisotopic (exact) mass is 353 g/mol. The molecule has 0 aromatic carbocycles. The molecule has 5 nitrogen and oxygen atoms in total. The molecular formula is C15H29Cl2N3O2. The molecule has 1 N–H and O–H groups in total. The molecule has 0 saturated carbocycles. The average Bonchev–Trinajstić information content (AvgIpc) is 2.98. The number of carbonyl (C=O) groups is 1. The fraction of sp³-hybridized carbons (Fsp3) is 0.933. The smallest absolute Gasteiger partial charge is 0.242 e. The van der Waals surface area contributed by atoms with E-state index in [2.05, 4.69) is 22.0 Å². The second-order valence-electron chi connectivity index (χ2n) is 6.56. The van der Waals surface area contributed by atoms with Gasteiger partial charge in [-0.2, -0.15) is 0 Å². The van der Waals surface area contributed by atoms with Crippen molar-refractivity contribution in [1.82, 2.24) is 15.1 Å². The first kappa shape index (κ1) is 20.0. The van der Waals surface area contributed by atoms with Crippen LogP contribution in [0.1, 0.15) is 32.6 Å². The Morgan fingerprint density at radius 3 is 2.55 bits per heavy atom. The van der Waals surface area contributed by atoms with E-state index in [9.17, 15) is 4.79 Å². The Hall–Kier alpha value is -0.0700. The van der Waals surface area contributed by atoms with Crippen LogP contribution >= 0.6 is 24.8 Å². The Labute approximate surface area is 145 Å². The molecule has 3 saturated heterocycles. The van der Waals surface area contributed by atoms with Crippen LogP contribution in [0.15, 0.2) is 0 Å². The molecule has 1 amide bonds. The van der Waals surface area contributed by atoms with Gasteiger partial charge in [0.25, 0.3) is 0 Å². The van der Waals surface area contributed by atoms with Gasteiger partial charge in [0.05, 0.1) is 18.8 Å². The molecule has 0 spiro atoms. The molecule has 3 heterocycles. The standard InChI is InChI=1S/C15H27N3O2.2ClH/c1-15(5-2-3-6-16-15)14(19)18-7-4-13(12-18)17-8-10-20-11-9-17;;/h13,16H,2-12H2,1H3;2*1H. The van der Waals surface area contributed by atoms with E-state index < -0.39 is 0 Å². The van der Waals surface area contributed by atoms with Gasteiger partial charge in [0, 0.05) is 32.2 Å². The summed E-state index contributed by atoms with van der Waals surface area (Å²) in [5.74, 6) is 0.313. The van der Waals surface area contributed by atoms with E-state index in [1.807, 2.05) is 0 Å². The Morgan fingerprint density at radius 2 is 1.91 bits per heavy atom.